The van der Waals surface area contributed by atoms with E-state index in [4.69, 9.17) is 5.84 Å². The van der Waals surface area contributed by atoms with Crippen molar-refractivity contribution >= 4 is 5.69 Å². The van der Waals surface area contributed by atoms with E-state index in [2.05, 4.69) is 26.8 Å². The van der Waals surface area contributed by atoms with Crippen LogP contribution in [-0.4, -0.2) is 6.30 Å². The molecule has 1 aromatic rings. The zero-order chi connectivity index (χ0) is 11.2. The van der Waals surface area contributed by atoms with Gasteiger partial charge in [-0.3, -0.25) is 5.01 Å². The summed E-state index contributed by atoms with van der Waals surface area (Å²) in [5.41, 5.74) is 3.15. The first-order valence-electron chi connectivity index (χ1n) is 5.21. The van der Waals surface area contributed by atoms with Gasteiger partial charge in [-0.05, 0) is 22.6 Å². The van der Waals surface area contributed by atoms with E-state index < -0.39 is 6.30 Å². The summed E-state index contributed by atoms with van der Waals surface area (Å²) in [6.07, 6.45) is -0.675. The van der Waals surface area contributed by atoms with Gasteiger partial charge in [-0.25, -0.2) is 10.2 Å². The minimum Gasteiger partial charge on any atom is -0.277 e. The number of benzene rings is 1. The van der Waals surface area contributed by atoms with E-state index in [0.717, 1.165) is 11.3 Å². The fourth-order valence-corrected chi connectivity index (χ4v) is 1.90. The molecule has 1 aliphatic rings. The first kappa shape index (κ1) is 10.4. The van der Waals surface area contributed by atoms with Crippen LogP contribution in [0.5, 0.6) is 0 Å². The zero-order valence-corrected chi connectivity index (χ0v) is 9.42. The quantitative estimate of drug-likeness (QED) is 0.524. The van der Waals surface area contributed by atoms with Gasteiger partial charge in [-0.2, -0.15) is 0 Å². The van der Waals surface area contributed by atoms with Crippen molar-refractivity contribution in [1.29, 1.82) is 0 Å². The first-order valence-corrected chi connectivity index (χ1v) is 5.21. The molecule has 0 saturated carbocycles. The largest absolute Gasteiger partial charge is 0.277 e. The van der Waals surface area contributed by atoms with Crippen LogP contribution >= 0.6 is 0 Å². The lowest BCUT2D eigenvalue weighted by Crippen LogP contribution is -2.34. The van der Waals surface area contributed by atoms with Gasteiger partial charge in [0.15, 0.2) is 6.30 Å². The van der Waals surface area contributed by atoms with Gasteiger partial charge in [0, 0.05) is 6.42 Å². The number of hydrazine groups is 1. The van der Waals surface area contributed by atoms with E-state index in [1.165, 1.54) is 10.6 Å². The highest BCUT2D eigenvalue weighted by Crippen LogP contribution is 2.34. The second kappa shape index (κ2) is 3.20. The third kappa shape index (κ3) is 1.72. The molecule has 2 N–H and O–H groups in total. The van der Waals surface area contributed by atoms with Crippen molar-refractivity contribution in [2.45, 2.75) is 38.9 Å². The number of anilines is 1. The Morgan fingerprint density at radius 1 is 1.40 bits per heavy atom. The van der Waals surface area contributed by atoms with Crippen LogP contribution in [0.15, 0.2) is 18.2 Å². The summed E-state index contributed by atoms with van der Waals surface area (Å²) in [5.74, 6) is 5.61. The average Bonchev–Trinajstić information content (AvgIpc) is 2.41. The van der Waals surface area contributed by atoms with Gasteiger partial charge in [-0.1, -0.05) is 32.9 Å². The lowest BCUT2D eigenvalue weighted by atomic mass is 9.86. The summed E-state index contributed by atoms with van der Waals surface area (Å²) in [5, 5.41) is 1.21. The molecule has 0 saturated heterocycles. The molecule has 3 heteroatoms. The molecule has 0 aliphatic carbocycles. The summed E-state index contributed by atoms with van der Waals surface area (Å²) in [6, 6.07) is 6.00. The molecule has 0 fully saturated rings. The van der Waals surface area contributed by atoms with Gasteiger partial charge in [0.25, 0.3) is 0 Å². The monoisotopic (exact) mass is 208 g/mol. The van der Waals surface area contributed by atoms with Crippen molar-refractivity contribution in [2.24, 2.45) is 5.84 Å². The van der Waals surface area contributed by atoms with Gasteiger partial charge in [0.1, 0.15) is 0 Å². The summed E-state index contributed by atoms with van der Waals surface area (Å²) >= 11 is 0. The van der Waals surface area contributed by atoms with Gasteiger partial charge in [-0.15, -0.1) is 0 Å². The molecule has 0 amide bonds. The molecule has 1 aromatic carbocycles. The van der Waals surface area contributed by atoms with Crippen LogP contribution in [0.1, 0.15) is 31.9 Å². The molecule has 1 atom stereocenters. The number of rotatable bonds is 0. The standard InChI is InChI=1S/C12H17FN2/c1-12(2,3)9-4-5-10-8(6-9)7-11(13)15(10)14/h4-6,11H,7,14H2,1-3H3. The second-order valence-electron chi connectivity index (χ2n) is 5.14. The molecule has 0 radical (unpaired) electrons. The van der Waals surface area contributed by atoms with E-state index in [1.807, 2.05) is 12.1 Å². The Bertz CT molecular complexity index is 382. The Kier molecular flexibility index (Phi) is 2.23. The number of fused-ring (bicyclic) bond motifs is 1. The van der Waals surface area contributed by atoms with Crippen LogP contribution in [-0.2, 0) is 11.8 Å². The maximum atomic E-state index is 13.3. The number of hydrogen-bond donors (Lipinski definition) is 1. The maximum absolute atomic E-state index is 13.3. The molecule has 1 unspecified atom stereocenters. The van der Waals surface area contributed by atoms with Gasteiger partial charge < -0.3 is 0 Å². The molecule has 1 aliphatic heterocycles. The molecule has 0 spiro atoms. The molecular weight excluding hydrogens is 191 g/mol. The summed E-state index contributed by atoms with van der Waals surface area (Å²) in [6.45, 7) is 6.45. The number of nitrogens with zero attached hydrogens (tertiary/aromatic N) is 1. The smallest absolute Gasteiger partial charge is 0.189 e. The number of nitrogens with two attached hydrogens (primary N) is 1. The SMILES string of the molecule is CC(C)(C)c1ccc2c(c1)CC(F)N2N. The van der Waals surface area contributed by atoms with Crippen molar-refractivity contribution < 1.29 is 4.39 Å². The van der Waals surface area contributed by atoms with Crippen molar-refractivity contribution in [2.75, 3.05) is 5.01 Å². The van der Waals surface area contributed by atoms with Crippen LogP contribution in [0.25, 0.3) is 0 Å². The van der Waals surface area contributed by atoms with E-state index in [9.17, 15) is 4.39 Å². The summed E-state index contributed by atoms with van der Waals surface area (Å²) in [4.78, 5) is 0. The van der Waals surface area contributed by atoms with E-state index in [0.29, 0.717) is 6.42 Å². The number of alkyl halides is 1. The summed E-state index contributed by atoms with van der Waals surface area (Å²) < 4.78 is 13.3. The van der Waals surface area contributed by atoms with Gasteiger partial charge in [0.05, 0.1) is 5.69 Å². The fraction of sp³-hybridized carbons (Fsp3) is 0.500. The Morgan fingerprint density at radius 3 is 2.67 bits per heavy atom. The molecule has 15 heavy (non-hydrogen) atoms. The van der Waals surface area contributed by atoms with Crippen LogP contribution in [0.2, 0.25) is 0 Å². The van der Waals surface area contributed by atoms with Crippen LogP contribution in [0.3, 0.4) is 0 Å². The Morgan fingerprint density at radius 2 is 2.07 bits per heavy atom. The van der Waals surface area contributed by atoms with Gasteiger partial charge >= 0.3 is 0 Å². The van der Waals surface area contributed by atoms with E-state index in [-0.39, 0.29) is 5.41 Å². The van der Waals surface area contributed by atoms with Crippen molar-refractivity contribution in [3.8, 4) is 0 Å². The normalized spacial score (nSPS) is 20.6. The predicted molar refractivity (Wildman–Crippen MR) is 60.4 cm³/mol. The zero-order valence-electron chi connectivity index (χ0n) is 9.42. The highest BCUT2D eigenvalue weighted by molar-refractivity contribution is 5.59. The third-order valence-electron chi connectivity index (χ3n) is 2.91. The number of halogens is 1. The van der Waals surface area contributed by atoms with Crippen molar-refractivity contribution in [1.82, 2.24) is 0 Å². The molecule has 1 heterocycles. The van der Waals surface area contributed by atoms with Crippen molar-refractivity contribution in [3.63, 3.8) is 0 Å². The minimum atomic E-state index is -1.07. The highest BCUT2D eigenvalue weighted by Gasteiger charge is 2.28. The molecular formula is C12H17FN2. The van der Waals surface area contributed by atoms with Crippen LogP contribution in [0.4, 0.5) is 10.1 Å². The van der Waals surface area contributed by atoms with Crippen molar-refractivity contribution in [3.05, 3.63) is 29.3 Å². The third-order valence-corrected chi connectivity index (χ3v) is 2.91. The average molecular weight is 208 g/mol. The summed E-state index contributed by atoms with van der Waals surface area (Å²) in [7, 11) is 0. The second-order valence-corrected chi connectivity index (χ2v) is 5.14. The number of hydrogen-bond acceptors (Lipinski definition) is 2. The topological polar surface area (TPSA) is 29.3 Å². The van der Waals surface area contributed by atoms with Gasteiger partial charge in [0.2, 0.25) is 0 Å². The maximum Gasteiger partial charge on any atom is 0.189 e. The minimum absolute atomic E-state index is 0.100. The lowest BCUT2D eigenvalue weighted by Gasteiger charge is -2.20. The molecule has 2 rings (SSSR count). The first-order chi connectivity index (χ1) is 6.89. The molecule has 82 valence electrons. The Labute approximate surface area is 89.9 Å². The molecule has 2 nitrogen and oxygen atoms in total. The highest BCUT2D eigenvalue weighted by atomic mass is 19.1. The lowest BCUT2D eigenvalue weighted by molar-refractivity contribution is 0.334. The Balaban J connectivity index is 2.42. The molecule has 0 bridgehead atoms. The Hall–Kier alpha value is -1.09. The van der Waals surface area contributed by atoms with Crippen LogP contribution in [0, 0.1) is 0 Å². The van der Waals surface area contributed by atoms with E-state index >= 15 is 0 Å². The molecule has 0 aromatic heterocycles. The fourth-order valence-electron chi connectivity index (χ4n) is 1.90. The van der Waals surface area contributed by atoms with Crippen LogP contribution < -0.4 is 10.9 Å². The predicted octanol–water partition coefficient (Wildman–Crippen LogP) is 2.52. The van der Waals surface area contributed by atoms with E-state index in [1.54, 1.807) is 0 Å².